The number of piperidine rings is 1. The van der Waals surface area contributed by atoms with Crippen LogP contribution in [-0.4, -0.2) is 55.5 Å². The maximum atomic E-state index is 12.0. The highest BCUT2D eigenvalue weighted by Crippen LogP contribution is 2.28. The molecule has 8 heteroatoms. The smallest absolute Gasteiger partial charge is 0.219 e. The van der Waals surface area contributed by atoms with Crippen LogP contribution in [-0.2, 0) is 14.8 Å². The Hall–Kier alpha value is -0.990. The monoisotopic (exact) mass is 289 g/mol. The van der Waals surface area contributed by atoms with Crippen molar-refractivity contribution in [3.8, 4) is 0 Å². The molecule has 0 N–H and O–H groups in total. The van der Waals surface area contributed by atoms with Crippen LogP contribution in [0.1, 0.15) is 30.5 Å². The molecule has 1 aliphatic rings. The molecule has 2 rings (SSSR count). The number of ether oxygens (including phenoxy) is 1. The van der Waals surface area contributed by atoms with Crippen molar-refractivity contribution in [2.45, 2.75) is 25.7 Å². The molecule has 0 spiro atoms. The summed E-state index contributed by atoms with van der Waals surface area (Å²) in [6, 6.07) is 0. The number of methoxy groups -OCH3 is 1. The zero-order chi connectivity index (χ0) is 13.9. The predicted octanol–water partition coefficient (Wildman–Crippen LogP) is 0.534. The minimum Gasteiger partial charge on any atom is -0.425 e. The molecule has 108 valence electrons. The summed E-state index contributed by atoms with van der Waals surface area (Å²) < 4.78 is 35.7. The minimum atomic E-state index is -3.20. The van der Waals surface area contributed by atoms with Gasteiger partial charge >= 0.3 is 0 Å². The van der Waals surface area contributed by atoms with E-state index in [-0.39, 0.29) is 18.3 Å². The molecule has 1 aliphatic heterocycles. The second-order valence-corrected chi connectivity index (χ2v) is 6.73. The molecular formula is C11H19N3O4S. The van der Waals surface area contributed by atoms with Gasteiger partial charge in [0.1, 0.15) is 0 Å². The Morgan fingerprint density at radius 3 is 2.58 bits per heavy atom. The molecule has 0 atom stereocenters. The van der Waals surface area contributed by atoms with E-state index in [0.717, 1.165) is 0 Å². The number of aryl methyl sites for hydroxylation is 1. The lowest BCUT2D eigenvalue weighted by molar-refractivity contribution is 0.214. The van der Waals surface area contributed by atoms with E-state index in [9.17, 15) is 8.42 Å². The number of aromatic nitrogens is 2. The summed E-state index contributed by atoms with van der Waals surface area (Å²) >= 11 is 0. The number of hydrogen-bond acceptors (Lipinski definition) is 6. The SMILES string of the molecule is COCCS(=O)(=O)N1CCC(c2nnc(C)o2)CC1. The number of hydrogen-bond donors (Lipinski definition) is 0. The highest BCUT2D eigenvalue weighted by molar-refractivity contribution is 7.89. The molecule has 0 amide bonds. The van der Waals surface area contributed by atoms with E-state index in [1.165, 1.54) is 11.4 Å². The first-order valence-electron chi connectivity index (χ1n) is 6.29. The molecule has 0 aliphatic carbocycles. The van der Waals surface area contributed by atoms with Crippen molar-refractivity contribution in [2.24, 2.45) is 0 Å². The van der Waals surface area contributed by atoms with E-state index in [4.69, 9.17) is 9.15 Å². The van der Waals surface area contributed by atoms with Crippen molar-refractivity contribution in [2.75, 3.05) is 32.6 Å². The van der Waals surface area contributed by atoms with Gasteiger partial charge in [0, 0.05) is 33.0 Å². The molecule has 1 aromatic heterocycles. The fourth-order valence-electron chi connectivity index (χ4n) is 2.18. The van der Waals surface area contributed by atoms with Crippen LogP contribution in [0.15, 0.2) is 4.42 Å². The second kappa shape index (κ2) is 5.98. The van der Waals surface area contributed by atoms with Crippen LogP contribution in [0, 0.1) is 6.92 Å². The lowest BCUT2D eigenvalue weighted by atomic mass is 9.98. The minimum absolute atomic E-state index is 0.0355. The van der Waals surface area contributed by atoms with Crippen LogP contribution in [0.5, 0.6) is 0 Å². The van der Waals surface area contributed by atoms with Gasteiger partial charge < -0.3 is 9.15 Å². The highest BCUT2D eigenvalue weighted by atomic mass is 32.2. The van der Waals surface area contributed by atoms with E-state index in [1.54, 1.807) is 6.92 Å². The van der Waals surface area contributed by atoms with Crippen LogP contribution in [0.3, 0.4) is 0 Å². The Morgan fingerprint density at radius 2 is 2.05 bits per heavy atom. The molecule has 1 aromatic rings. The van der Waals surface area contributed by atoms with Gasteiger partial charge in [-0.15, -0.1) is 10.2 Å². The lowest BCUT2D eigenvalue weighted by Gasteiger charge is -2.29. The van der Waals surface area contributed by atoms with Gasteiger partial charge in [-0.3, -0.25) is 0 Å². The standard InChI is InChI=1S/C11H19N3O4S/c1-9-12-13-11(18-9)10-3-5-14(6-4-10)19(15,16)8-7-17-2/h10H,3-8H2,1-2H3. The third-order valence-electron chi connectivity index (χ3n) is 3.28. The molecule has 1 fully saturated rings. The third kappa shape index (κ3) is 3.52. The summed E-state index contributed by atoms with van der Waals surface area (Å²) in [7, 11) is -1.70. The molecule has 0 aromatic carbocycles. The van der Waals surface area contributed by atoms with Gasteiger partial charge in [-0.1, -0.05) is 0 Å². The molecule has 0 bridgehead atoms. The number of rotatable bonds is 5. The summed E-state index contributed by atoms with van der Waals surface area (Å²) in [5, 5.41) is 7.81. The Labute approximate surface area is 113 Å². The summed E-state index contributed by atoms with van der Waals surface area (Å²) in [6.07, 6.45) is 1.43. The van der Waals surface area contributed by atoms with Crippen molar-refractivity contribution >= 4 is 10.0 Å². The summed E-state index contributed by atoms with van der Waals surface area (Å²) in [5.74, 6) is 1.36. The average molecular weight is 289 g/mol. The van der Waals surface area contributed by atoms with E-state index in [1.807, 2.05) is 0 Å². The zero-order valence-electron chi connectivity index (χ0n) is 11.2. The third-order valence-corrected chi connectivity index (χ3v) is 5.12. The first-order chi connectivity index (χ1) is 9.03. The fraction of sp³-hybridized carbons (Fsp3) is 0.818. The molecule has 0 radical (unpaired) electrons. The zero-order valence-corrected chi connectivity index (χ0v) is 12.0. The molecule has 19 heavy (non-hydrogen) atoms. The van der Waals surface area contributed by atoms with Gasteiger partial charge in [0.05, 0.1) is 12.4 Å². The first-order valence-corrected chi connectivity index (χ1v) is 7.90. The average Bonchev–Trinajstić information content (AvgIpc) is 2.83. The molecular weight excluding hydrogens is 270 g/mol. The van der Waals surface area contributed by atoms with E-state index in [2.05, 4.69) is 10.2 Å². The molecule has 0 saturated carbocycles. The molecule has 1 saturated heterocycles. The maximum absolute atomic E-state index is 12.0. The van der Waals surface area contributed by atoms with Gasteiger partial charge in [-0.05, 0) is 12.8 Å². The Morgan fingerprint density at radius 1 is 1.37 bits per heavy atom. The van der Waals surface area contributed by atoms with Gasteiger partial charge in [0.15, 0.2) is 0 Å². The number of nitrogens with zero attached hydrogens (tertiary/aromatic N) is 3. The topological polar surface area (TPSA) is 85.5 Å². The first kappa shape index (κ1) is 14.4. The normalized spacial score (nSPS) is 18.8. The van der Waals surface area contributed by atoms with Crippen LogP contribution < -0.4 is 0 Å². The van der Waals surface area contributed by atoms with E-state index < -0.39 is 10.0 Å². The van der Waals surface area contributed by atoms with Crippen molar-refractivity contribution < 1.29 is 17.6 Å². The molecule has 7 nitrogen and oxygen atoms in total. The lowest BCUT2D eigenvalue weighted by Crippen LogP contribution is -2.40. The van der Waals surface area contributed by atoms with Crippen molar-refractivity contribution in [3.05, 3.63) is 11.8 Å². The van der Waals surface area contributed by atoms with Crippen LogP contribution >= 0.6 is 0 Å². The highest BCUT2D eigenvalue weighted by Gasteiger charge is 2.30. The Kier molecular flexibility index (Phi) is 4.54. The van der Waals surface area contributed by atoms with Gasteiger partial charge in [0.2, 0.25) is 21.8 Å². The largest absolute Gasteiger partial charge is 0.425 e. The quantitative estimate of drug-likeness (QED) is 0.786. The Balaban J connectivity index is 1.92. The van der Waals surface area contributed by atoms with E-state index in [0.29, 0.717) is 37.7 Å². The van der Waals surface area contributed by atoms with Crippen LogP contribution in [0.2, 0.25) is 0 Å². The molecule has 2 heterocycles. The fourth-order valence-corrected chi connectivity index (χ4v) is 3.58. The number of sulfonamides is 1. The van der Waals surface area contributed by atoms with Crippen LogP contribution in [0.25, 0.3) is 0 Å². The van der Waals surface area contributed by atoms with Gasteiger partial charge in [-0.2, -0.15) is 0 Å². The van der Waals surface area contributed by atoms with Gasteiger partial charge in [-0.25, -0.2) is 12.7 Å². The summed E-state index contributed by atoms with van der Waals surface area (Å²) in [4.78, 5) is 0. The molecule has 0 unspecified atom stereocenters. The van der Waals surface area contributed by atoms with Crippen molar-refractivity contribution in [3.63, 3.8) is 0 Å². The summed E-state index contributed by atoms with van der Waals surface area (Å²) in [5.41, 5.74) is 0. The predicted molar refractivity (Wildman–Crippen MR) is 68.2 cm³/mol. The van der Waals surface area contributed by atoms with Crippen molar-refractivity contribution in [1.29, 1.82) is 0 Å². The van der Waals surface area contributed by atoms with E-state index >= 15 is 0 Å². The second-order valence-electron chi connectivity index (χ2n) is 4.64. The maximum Gasteiger partial charge on any atom is 0.219 e. The summed E-state index contributed by atoms with van der Waals surface area (Å²) in [6.45, 7) is 2.97. The van der Waals surface area contributed by atoms with Gasteiger partial charge in [0.25, 0.3) is 0 Å². The Bertz CT molecular complexity index is 506. The van der Waals surface area contributed by atoms with Crippen LogP contribution in [0.4, 0.5) is 0 Å². The van der Waals surface area contributed by atoms with Crippen molar-refractivity contribution in [1.82, 2.24) is 14.5 Å².